The minimum Gasteiger partial charge on any atom is -0.297 e. The van der Waals surface area contributed by atoms with Crippen molar-refractivity contribution in [1.82, 2.24) is 4.90 Å². The van der Waals surface area contributed by atoms with Crippen LogP contribution in [0.1, 0.15) is 63.5 Å². The van der Waals surface area contributed by atoms with Gasteiger partial charge in [0.05, 0.1) is 5.56 Å². The molecule has 0 spiro atoms. The normalized spacial score (nSPS) is 12.1. The average molecular weight is 515 g/mol. The first kappa shape index (κ1) is 27.2. The number of rotatable bonds is 16. The van der Waals surface area contributed by atoms with Crippen LogP contribution in [-0.2, 0) is 12.7 Å². The third kappa shape index (κ3) is 12.6. The van der Waals surface area contributed by atoms with E-state index in [1.54, 1.807) is 6.07 Å². The van der Waals surface area contributed by atoms with Gasteiger partial charge in [-0.1, -0.05) is 61.5 Å². The molecule has 0 saturated heterocycles. The van der Waals surface area contributed by atoms with Gasteiger partial charge in [-0.15, -0.1) is 0 Å². The Balaban J connectivity index is 2.59. The Morgan fingerprint density at radius 3 is 1.90 bits per heavy atom. The number of thioether (sulfide) groups is 2. The molecule has 0 aliphatic carbocycles. The average Bonchev–Trinajstić information content (AvgIpc) is 2.67. The summed E-state index contributed by atoms with van der Waals surface area (Å²) >= 11 is 6.95. The van der Waals surface area contributed by atoms with Crippen molar-refractivity contribution < 1.29 is 13.2 Å². The van der Waals surface area contributed by atoms with Crippen LogP contribution in [-0.4, -0.2) is 41.0 Å². The van der Waals surface area contributed by atoms with E-state index in [4.69, 9.17) is 0 Å². The van der Waals surface area contributed by atoms with Gasteiger partial charge in [0.15, 0.2) is 0 Å². The molecule has 0 atom stereocenters. The lowest BCUT2D eigenvalue weighted by atomic mass is 10.1. The smallest absolute Gasteiger partial charge is 0.297 e. The van der Waals surface area contributed by atoms with Gasteiger partial charge >= 0.3 is 6.18 Å². The monoisotopic (exact) mass is 513 g/mol. The van der Waals surface area contributed by atoms with E-state index in [1.807, 2.05) is 23.5 Å². The predicted octanol–water partition coefficient (Wildman–Crippen LogP) is 8.12. The van der Waals surface area contributed by atoms with Crippen LogP contribution in [0.2, 0.25) is 0 Å². The van der Waals surface area contributed by atoms with Crippen LogP contribution in [0.3, 0.4) is 0 Å². The summed E-state index contributed by atoms with van der Waals surface area (Å²) in [6.07, 6.45) is 3.16. The van der Waals surface area contributed by atoms with Crippen LogP contribution in [0.15, 0.2) is 22.7 Å². The predicted molar refractivity (Wildman–Crippen MR) is 128 cm³/mol. The number of hydrogen-bond donors (Lipinski definition) is 0. The van der Waals surface area contributed by atoms with Crippen molar-refractivity contribution in [3.63, 3.8) is 0 Å². The lowest BCUT2D eigenvalue weighted by Gasteiger charge is -2.23. The Kier molecular flexibility index (Phi) is 14.9. The van der Waals surface area contributed by atoms with Crippen molar-refractivity contribution >= 4 is 39.5 Å². The molecule has 1 aromatic rings. The van der Waals surface area contributed by atoms with Crippen LogP contribution < -0.4 is 0 Å². The molecule has 0 N–H and O–H groups in total. The quantitative estimate of drug-likeness (QED) is 0.205. The lowest BCUT2D eigenvalue weighted by molar-refractivity contribution is -0.138. The molecule has 0 radical (unpaired) electrons. The summed E-state index contributed by atoms with van der Waals surface area (Å²) in [6, 6.07) is 4.62. The van der Waals surface area contributed by atoms with Crippen LogP contribution in [0.4, 0.5) is 13.2 Å². The first-order valence-electron chi connectivity index (χ1n) is 10.6. The molecule has 168 valence electrons. The van der Waals surface area contributed by atoms with E-state index in [0.717, 1.165) is 30.2 Å². The Labute approximate surface area is 192 Å². The van der Waals surface area contributed by atoms with Gasteiger partial charge in [0.2, 0.25) is 0 Å². The van der Waals surface area contributed by atoms with Crippen LogP contribution in [0, 0.1) is 0 Å². The summed E-state index contributed by atoms with van der Waals surface area (Å²) in [5.41, 5.74) is 0.144. The maximum atomic E-state index is 13.2. The van der Waals surface area contributed by atoms with Crippen LogP contribution >= 0.6 is 39.5 Å². The van der Waals surface area contributed by atoms with Gasteiger partial charge in [0.1, 0.15) is 0 Å². The van der Waals surface area contributed by atoms with E-state index in [9.17, 15) is 13.2 Å². The first-order chi connectivity index (χ1) is 13.9. The fourth-order valence-corrected chi connectivity index (χ4v) is 5.39. The maximum Gasteiger partial charge on any atom is 0.417 e. The van der Waals surface area contributed by atoms with Gasteiger partial charge in [0, 0.05) is 35.6 Å². The van der Waals surface area contributed by atoms with Crippen molar-refractivity contribution in [2.24, 2.45) is 0 Å². The van der Waals surface area contributed by atoms with Crippen molar-refractivity contribution in [2.75, 3.05) is 36.1 Å². The van der Waals surface area contributed by atoms with E-state index < -0.39 is 11.7 Å². The number of unbranched alkanes of at least 4 members (excludes halogenated alkanes) is 4. The highest BCUT2D eigenvalue weighted by molar-refractivity contribution is 9.10. The molecule has 0 saturated carbocycles. The second kappa shape index (κ2) is 15.9. The fraction of sp³-hybridized carbons (Fsp3) is 0.727. The number of nitrogens with zero attached hydrogens (tertiary/aromatic N) is 1. The van der Waals surface area contributed by atoms with Crippen molar-refractivity contribution in [3.8, 4) is 0 Å². The van der Waals surface area contributed by atoms with Gasteiger partial charge < -0.3 is 0 Å². The molecular weight excluding hydrogens is 479 g/mol. The Morgan fingerprint density at radius 2 is 1.41 bits per heavy atom. The second-order valence-electron chi connectivity index (χ2n) is 7.23. The van der Waals surface area contributed by atoms with Gasteiger partial charge in [-0.05, 0) is 42.0 Å². The van der Waals surface area contributed by atoms with Gasteiger partial charge in [0.25, 0.3) is 0 Å². The Bertz CT molecular complexity index is 539. The summed E-state index contributed by atoms with van der Waals surface area (Å²) in [7, 11) is 0. The van der Waals surface area contributed by atoms with Gasteiger partial charge in [-0.2, -0.15) is 36.7 Å². The maximum absolute atomic E-state index is 13.2. The minimum absolute atomic E-state index is 0.109. The Morgan fingerprint density at radius 1 is 0.862 bits per heavy atom. The van der Waals surface area contributed by atoms with Crippen LogP contribution in [0.5, 0.6) is 0 Å². The molecule has 0 bridgehead atoms. The third-order valence-corrected chi connectivity index (χ3v) is 7.42. The summed E-state index contributed by atoms with van der Waals surface area (Å²) in [5.74, 6) is 4.41. The number of alkyl halides is 3. The molecule has 0 aliphatic rings. The first-order valence-corrected chi connectivity index (χ1v) is 13.7. The molecule has 0 amide bonds. The number of benzene rings is 1. The minimum atomic E-state index is -4.33. The summed E-state index contributed by atoms with van der Waals surface area (Å²) in [6.45, 7) is 6.82. The fourth-order valence-electron chi connectivity index (χ4n) is 2.92. The second-order valence-corrected chi connectivity index (χ2v) is 10.5. The highest BCUT2D eigenvalue weighted by Gasteiger charge is 2.33. The third-order valence-electron chi connectivity index (χ3n) is 4.63. The lowest BCUT2D eigenvalue weighted by Crippen LogP contribution is -2.28. The molecule has 1 aromatic carbocycles. The molecular formula is C22H35BrF3NS2. The zero-order valence-corrected chi connectivity index (χ0v) is 20.9. The Hall–Kier alpha value is 0.150. The van der Waals surface area contributed by atoms with Crippen molar-refractivity contribution in [1.29, 1.82) is 0 Å². The van der Waals surface area contributed by atoms with E-state index in [2.05, 4.69) is 34.7 Å². The van der Waals surface area contributed by atoms with Crippen molar-refractivity contribution in [3.05, 3.63) is 33.8 Å². The molecule has 0 aromatic heterocycles. The van der Waals surface area contributed by atoms with E-state index in [1.165, 1.54) is 62.2 Å². The molecule has 29 heavy (non-hydrogen) atoms. The highest BCUT2D eigenvalue weighted by atomic mass is 79.9. The molecule has 0 fully saturated rings. The van der Waals surface area contributed by atoms with Crippen molar-refractivity contribution in [2.45, 2.75) is 65.1 Å². The summed E-state index contributed by atoms with van der Waals surface area (Å²) in [5, 5.41) is 0. The summed E-state index contributed by atoms with van der Waals surface area (Å²) < 4.78 is 39.8. The molecule has 0 heterocycles. The number of halogens is 4. The largest absolute Gasteiger partial charge is 0.417 e. The molecule has 7 heteroatoms. The molecule has 1 nitrogen and oxygen atoms in total. The van der Waals surface area contributed by atoms with Crippen LogP contribution in [0.25, 0.3) is 0 Å². The topological polar surface area (TPSA) is 3.24 Å². The van der Waals surface area contributed by atoms with E-state index >= 15 is 0 Å². The standard InChI is InChI=1S/C22H35BrF3NS2/c1-3-5-7-13-28-15-11-27(12-16-29-14-8-6-4-2)18-19-9-10-21(23)20(17-19)22(24,25)26/h9-10,17H,3-8,11-16,18H2,1-2H3. The molecule has 0 aliphatic heterocycles. The molecule has 0 unspecified atom stereocenters. The van der Waals surface area contributed by atoms with E-state index in [0.29, 0.717) is 6.54 Å². The zero-order valence-electron chi connectivity index (χ0n) is 17.7. The molecule has 1 rings (SSSR count). The SMILES string of the molecule is CCCCCSCCN(CCSCCCCC)Cc1ccc(Br)c(C(F)(F)F)c1. The number of hydrogen-bond acceptors (Lipinski definition) is 3. The zero-order chi connectivity index (χ0) is 21.5. The van der Waals surface area contributed by atoms with E-state index in [-0.39, 0.29) is 4.47 Å². The highest BCUT2D eigenvalue weighted by Crippen LogP contribution is 2.35. The van der Waals surface area contributed by atoms with Gasteiger partial charge in [-0.3, -0.25) is 4.90 Å². The van der Waals surface area contributed by atoms with Gasteiger partial charge in [-0.25, -0.2) is 0 Å². The summed E-state index contributed by atoms with van der Waals surface area (Å²) in [4.78, 5) is 2.31.